The SMILES string of the molecule is Nc1ncc(N2CCOCC2)c(-c2ccccc2)n1. The van der Waals surface area contributed by atoms with Crippen LogP contribution in [0.4, 0.5) is 11.6 Å². The van der Waals surface area contributed by atoms with Gasteiger partial charge < -0.3 is 15.4 Å². The van der Waals surface area contributed by atoms with Gasteiger partial charge in [-0.1, -0.05) is 30.3 Å². The van der Waals surface area contributed by atoms with Crippen molar-refractivity contribution < 1.29 is 4.74 Å². The van der Waals surface area contributed by atoms with Gasteiger partial charge in [0.25, 0.3) is 0 Å². The minimum Gasteiger partial charge on any atom is -0.378 e. The molecule has 0 atom stereocenters. The molecule has 1 aliphatic rings. The van der Waals surface area contributed by atoms with Crippen LogP contribution in [0, 0.1) is 0 Å². The number of hydrogen-bond donors (Lipinski definition) is 1. The van der Waals surface area contributed by atoms with Crippen LogP contribution in [0.25, 0.3) is 11.3 Å². The zero-order valence-corrected chi connectivity index (χ0v) is 10.6. The molecule has 1 aliphatic heterocycles. The van der Waals surface area contributed by atoms with E-state index in [2.05, 4.69) is 14.9 Å². The topological polar surface area (TPSA) is 64.3 Å². The molecule has 1 aromatic carbocycles. The summed E-state index contributed by atoms with van der Waals surface area (Å²) >= 11 is 0. The van der Waals surface area contributed by atoms with Gasteiger partial charge in [-0.2, -0.15) is 0 Å². The third-order valence-electron chi connectivity index (χ3n) is 3.19. The average Bonchev–Trinajstić information content (AvgIpc) is 2.49. The number of benzene rings is 1. The molecule has 0 spiro atoms. The molecule has 0 unspecified atom stereocenters. The number of nitrogen functional groups attached to an aromatic ring is 1. The van der Waals surface area contributed by atoms with E-state index < -0.39 is 0 Å². The highest BCUT2D eigenvalue weighted by atomic mass is 16.5. The van der Waals surface area contributed by atoms with Crippen molar-refractivity contribution in [2.24, 2.45) is 0 Å². The predicted molar refractivity (Wildman–Crippen MR) is 74.9 cm³/mol. The Balaban J connectivity index is 2.04. The van der Waals surface area contributed by atoms with Gasteiger partial charge in [0.15, 0.2) is 0 Å². The van der Waals surface area contributed by atoms with E-state index in [0.29, 0.717) is 5.95 Å². The number of hydrogen-bond acceptors (Lipinski definition) is 5. The molecular formula is C14H16N4O. The molecule has 2 aromatic rings. The van der Waals surface area contributed by atoms with Crippen LogP contribution < -0.4 is 10.6 Å². The van der Waals surface area contributed by atoms with E-state index in [0.717, 1.165) is 43.2 Å². The molecule has 2 N–H and O–H groups in total. The van der Waals surface area contributed by atoms with Gasteiger partial charge in [0.2, 0.25) is 5.95 Å². The monoisotopic (exact) mass is 256 g/mol. The van der Waals surface area contributed by atoms with Crippen molar-refractivity contribution in [3.05, 3.63) is 36.5 Å². The van der Waals surface area contributed by atoms with Crippen LogP contribution >= 0.6 is 0 Å². The van der Waals surface area contributed by atoms with Crippen LogP contribution in [-0.2, 0) is 4.74 Å². The Labute approximate surface area is 112 Å². The van der Waals surface area contributed by atoms with Gasteiger partial charge in [-0.3, -0.25) is 0 Å². The lowest BCUT2D eigenvalue weighted by molar-refractivity contribution is 0.122. The second kappa shape index (κ2) is 5.24. The average molecular weight is 256 g/mol. The zero-order valence-electron chi connectivity index (χ0n) is 10.6. The fraction of sp³-hybridized carbons (Fsp3) is 0.286. The molecule has 5 nitrogen and oxygen atoms in total. The van der Waals surface area contributed by atoms with Crippen molar-refractivity contribution >= 4 is 11.6 Å². The summed E-state index contributed by atoms with van der Waals surface area (Å²) in [5, 5.41) is 0. The number of nitrogens with two attached hydrogens (primary N) is 1. The minimum absolute atomic E-state index is 0.302. The summed E-state index contributed by atoms with van der Waals surface area (Å²) in [6.07, 6.45) is 1.80. The first-order valence-electron chi connectivity index (χ1n) is 6.35. The van der Waals surface area contributed by atoms with Crippen molar-refractivity contribution in [1.29, 1.82) is 0 Å². The summed E-state index contributed by atoms with van der Waals surface area (Å²) < 4.78 is 5.38. The van der Waals surface area contributed by atoms with Crippen molar-refractivity contribution in [2.75, 3.05) is 36.9 Å². The predicted octanol–water partition coefficient (Wildman–Crippen LogP) is 1.56. The molecule has 3 rings (SSSR count). The second-order valence-corrected chi connectivity index (χ2v) is 4.43. The van der Waals surface area contributed by atoms with Crippen LogP contribution in [0.3, 0.4) is 0 Å². The van der Waals surface area contributed by atoms with E-state index in [1.54, 1.807) is 6.20 Å². The quantitative estimate of drug-likeness (QED) is 0.883. The highest BCUT2D eigenvalue weighted by Gasteiger charge is 2.17. The second-order valence-electron chi connectivity index (χ2n) is 4.43. The number of aromatic nitrogens is 2. The number of rotatable bonds is 2. The first-order valence-corrected chi connectivity index (χ1v) is 6.35. The number of morpholine rings is 1. The van der Waals surface area contributed by atoms with E-state index >= 15 is 0 Å². The lowest BCUT2D eigenvalue weighted by Gasteiger charge is -2.29. The molecule has 0 radical (unpaired) electrons. The van der Waals surface area contributed by atoms with Gasteiger partial charge in [-0.05, 0) is 0 Å². The lowest BCUT2D eigenvalue weighted by Crippen LogP contribution is -2.36. The molecule has 2 heterocycles. The third-order valence-corrected chi connectivity index (χ3v) is 3.19. The van der Waals surface area contributed by atoms with Crippen LogP contribution in [0.2, 0.25) is 0 Å². The molecule has 1 saturated heterocycles. The van der Waals surface area contributed by atoms with Gasteiger partial charge >= 0.3 is 0 Å². The van der Waals surface area contributed by atoms with Gasteiger partial charge in [0, 0.05) is 18.7 Å². The van der Waals surface area contributed by atoms with Crippen LogP contribution in [0.5, 0.6) is 0 Å². The van der Waals surface area contributed by atoms with Crippen molar-refractivity contribution in [3.63, 3.8) is 0 Å². The highest BCUT2D eigenvalue weighted by Crippen LogP contribution is 2.29. The Bertz CT molecular complexity index is 553. The van der Waals surface area contributed by atoms with E-state index in [1.807, 2.05) is 30.3 Å². The van der Waals surface area contributed by atoms with Gasteiger partial charge in [-0.25, -0.2) is 9.97 Å². The first-order chi connectivity index (χ1) is 9.34. The molecule has 1 aromatic heterocycles. The summed E-state index contributed by atoms with van der Waals surface area (Å²) in [5.41, 5.74) is 8.68. The Morgan fingerprint density at radius 1 is 1.11 bits per heavy atom. The molecule has 0 amide bonds. The first kappa shape index (κ1) is 11.9. The summed E-state index contributed by atoms with van der Waals surface area (Å²) in [4.78, 5) is 10.8. The molecule has 5 heteroatoms. The smallest absolute Gasteiger partial charge is 0.220 e. The van der Waals surface area contributed by atoms with Gasteiger partial charge in [0.1, 0.15) is 0 Å². The molecule has 19 heavy (non-hydrogen) atoms. The Morgan fingerprint density at radius 2 is 1.84 bits per heavy atom. The Kier molecular flexibility index (Phi) is 3.29. The van der Waals surface area contributed by atoms with Crippen LogP contribution in [-0.4, -0.2) is 36.3 Å². The Hall–Kier alpha value is -2.14. The molecule has 0 saturated carbocycles. The summed E-state index contributed by atoms with van der Waals surface area (Å²) in [5.74, 6) is 0.302. The molecular weight excluding hydrogens is 240 g/mol. The third kappa shape index (κ3) is 2.51. The van der Waals surface area contributed by atoms with E-state index in [9.17, 15) is 0 Å². The maximum atomic E-state index is 5.73. The van der Waals surface area contributed by atoms with Gasteiger partial charge in [0.05, 0.1) is 30.8 Å². The molecule has 0 aliphatic carbocycles. The maximum Gasteiger partial charge on any atom is 0.220 e. The van der Waals surface area contributed by atoms with Crippen molar-refractivity contribution in [2.45, 2.75) is 0 Å². The maximum absolute atomic E-state index is 5.73. The van der Waals surface area contributed by atoms with E-state index in [4.69, 9.17) is 10.5 Å². The highest BCUT2D eigenvalue weighted by molar-refractivity contribution is 5.75. The zero-order chi connectivity index (χ0) is 13.1. The Morgan fingerprint density at radius 3 is 2.58 bits per heavy atom. The number of nitrogens with zero attached hydrogens (tertiary/aromatic N) is 3. The fourth-order valence-electron chi connectivity index (χ4n) is 2.23. The van der Waals surface area contributed by atoms with Crippen molar-refractivity contribution in [1.82, 2.24) is 9.97 Å². The minimum atomic E-state index is 0.302. The molecule has 1 fully saturated rings. The largest absolute Gasteiger partial charge is 0.378 e. The molecule has 0 bridgehead atoms. The van der Waals surface area contributed by atoms with Gasteiger partial charge in [-0.15, -0.1) is 0 Å². The van der Waals surface area contributed by atoms with E-state index in [-0.39, 0.29) is 0 Å². The fourth-order valence-corrected chi connectivity index (χ4v) is 2.23. The summed E-state index contributed by atoms with van der Waals surface area (Å²) in [6, 6.07) is 10.0. The lowest BCUT2D eigenvalue weighted by atomic mass is 10.1. The summed E-state index contributed by atoms with van der Waals surface area (Å²) in [7, 11) is 0. The number of ether oxygens (including phenoxy) is 1. The van der Waals surface area contributed by atoms with Crippen LogP contribution in [0.1, 0.15) is 0 Å². The normalized spacial score (nSPS) is 15.5. The standard InChI is InChI=1S/C14H16N4O/c15-14-16-10-12(18-6-8-19-9-7-18)13(17-14)11-4-2-1-3-5-11/h1-5,10H,6-9H2,(H2,15,16,17). The summed E-state index contributed by atoms with van der Waals surface area (Å²) in [6.45, 7) is 3.18. The van der Waals surface area contributed by atoms with E-state index in [1.165, 1.54) is 0 Å². The number of anilines is 2. The van der Waals surface area contributed by atoms with Crippen molar-refractivity contribution in [3.8, 4) is 11.3 Å². The molecule has 98 valence electrons. The van der Waals surface area contributed by atoms with Crippen LogP contribution in [0.15, 0.2) is 36.5 Å².